The van der Waals surface area contributed by atoms with E-state index >= 15 is 0 Å². The number of amides is 1. The van der Waals surface area contributed by atoms with Crippen LogP contribution in [0, 0.1) is 11.3 Å². The van der Waals surface area contributed by atoms with E-state index in [4.69, 9.17) is 5.26 Å². The molecule has 0 aliphatic carbocycles. The summed E-state index contributed by atoms with van der Waals surface area (Å²) >= 11 is 0. The number of piperidine rings is 1. The average molecular weight is 437 g/mol. The number of sulfonamides is 1. The van der Waals surface area contributed by atoms with Gasteiger partial charge < -0.3 is 4.90 Å². The number of rotatable bonds is 4. The number of nitrogens with zero attached hydrogens (tertiary/aromatic N) is 2. The number of carbonyl (C=O) groups is 1. The van der Waals surface area contributed by atoms with Crippen LogP contribution in [-0.2, 0) is 16.2 Å². The number of hydrogen-bond donors (Lipinski definition) is 1. The third-order valence-electron chi connectivity index (χ3n) is 4.82. The van der Waals surface area contributed by atoms with Gasteiger partial charge >= 0.3 is 6.18 Å². The van der Waals surface area contributed by atoms with E-state index in [9.17, 15) is 26.4 Å². The molecule has 0 atom stereocenters. The quantitative estimate of drug-likeness (QED) is 0.796. The van der Waals surface area contributed by atoms with Crippen LogP contribution in [0.25, 0.3) is 0 Å². The topological polar surface area (TPSA) is 90.3 Å². The summed E-state index contributed by atoms with van der Waals surface area (Å²) in [6, 6.07) is 11.6. The van der Waals surface area contributed by atoms with E-state index in [0.717, 1.165) is 18.2 Å². The largest absolute Gasteiger partial charge is 0.417 e. The van der Waals surface area contributed by atoms with E-state index in [0.29, 0.717) is 11.1 Å². The summed E-state index contributed by atoms with van der Waals surface area (Å²) in [7, 11) is -4.38. The van der Waals surface area contributed by atoms with Gasteiger partial charge in [-0.1, -0.05) is 18.2 Å². The van der Waals surface area contributed by atoms with Gasteiger partial charge in [-0.15, -0.1) is 0 Å². The third kappa shape index (κ3) is 4.80. The van der Waals surface area contributed by atoms with Crippen molar-refractivity contribution in [3.63, 3.8) is 0 Å². The van der Waals surface area contributed by atoms with Crippen LogP contribution < -0.4 is 4.72 Å². The van der Waals surface area contributed by atoms with Crippen molar-refractivity contribution in [2.45, 2.75) is 30.0 Å². The third-order valence-corrected chi connectivity index (χ3v) is 6.40. The van der Waals surface area contributed by atoms with Crippen LogP contribution >= 0.6 is 0 Å². The van der Waals surface area contributed by atoms with E-state index in [1.807, 2.05) is 6.07 Å². The van der Waals surface area contributed by atoms with Crippen molar-refractivity contribution in [1.29, 1.82) is 5.26 Å². The van der Waals surface area contributed by atoms with Crippen molar-refractivity contribution >= 4 is 15.9 Å². The molecule has 1 aliphatic heterocycles. The lowest BCUT2D eigenvalue weighted by Crippen LogP contribution is -2.46. The van der Waals surface area contributed by atoms with Gasteiger partial charge in [0.1, 0.15) is 0 Å². The van der Waals surface area contributed by atoms with Gasteiger partial charge in [-0.3, -0.25) is 4.79 Å². The molecule has 6 nitrogen and oxygen atoms in total. The van der Waals surface area contributed by atoms with E-state index < -0.39 is 32.7 Å². The van der Waals surface area contributed by atoms with Crippen molar-refractivity contribution in [1.82, 2.24) is 9.62 Å². The minimum absolute atomic E-state index is 0.240. The first-order valence-corrected chi connectivity index (χ1v) is 10.6. The molecule has 1 aliphatic rings. The lowest BCUT2D eigenvalue weighted by Gasteiger charge is -2.32. The van der Waals surface area contributed by atoms with E-state index in [1.54, 1.807) is 18.2 Å². The molecule has 1 saturated heterocycles. The average Bonchev–Trinajstić information content (AvgIpc) is 2.73. The zero-order valence-electron chi connectivity index (χ0n) is 15.7. The molecule has 30 heavy (non-hydrogen) atoms. The normalized spacial score (nSPS) is 15.6. The van der Waals surface area contributed by atoms with Gasteiger partial charge in [-0.05, 0) is 43.2 Å². The molecule has 1 N–H and O–H groups in total. The van der Waals surface area contributed by atoms with Gasteiger partial charge in [0.25, 0.3) is 5.91 Å². The summed E-state index contributed by atoms with van der Waals surface area (Å²) in [6.07, 6.45) is -4.27. The van der Waals surface area contributed by atoms with Gasteiger partial charge in [0, 0.05) is 24.7 Å². The highest BCUT2D eigenvalue weighted by molar-refractivity contribution is 7.89. The molecule has 1 fully saturated rings. The van der Waals surface area contributed by atoms with Crippen molar-refractivity contribution in [3.05, 3.63) is 65.2 Å². The first-order valence-electron chi connectivity index (χ1n) is 9.10. The Balaban J connectivity index is 1.68. The summed E-state index contributed by atoms with van der Waals surface area (Å²) in [5.41, 5.74) is -0.513. The Morgan fingerprint density at radius 3 is 2.40 bits per heavy atom. The molecule has 0 bridgehead atoms. The van der Waals surface area contributed by atoms with Crippen LogP contribution in [0.2, 0.25) is 0 Å². The Kier molecular flexibility index (Phi) is 6.14. The molecule has 2 aromatic carbocycles. The van der Waals surface area contributed by atoms with Gasteiger partial charge in [-0.25, -0.2) is 13.1 Å². The Morgan fingerprint density at radius 1 is 1.10 bits per heavy atom. The molecular weight excluding hydrogens is 419 g/mol. The molecular formula is C20H18F3N3O3S. The predicted octanol–water partition coefficient (Wildman–Crippen LogP) is 3.16. The van der Waals surface area contributed by atoms with E-state index in [2.05, 4.69) is 4.72 Å². The Hall–Kier alpha value is -2.90. The zero-order chi connectivity index (χ0) is 21.9. The molecule has 0 unspecified atom stereocenters. The molecule has 3 rings (SSSR count). The Morgan fingerprint density at radius 2 is 1.77 bits per heavy atom. The predicted molar refractivity (Wildman–Crippen MR) is 102 cm³/mol. The van der Waals surface area contributed by atoms with Gasteiger partial charge in [0.15, 0.2) is 0 Å². The minimum atomic E-state index is -4.79. The molecule has 0 saturated carbocycles. The number of nitriles is 1. The maximum Gasteiger partial charge on any atom is 0.417 e. The fraction of sp³-hybridized carbons (Fsp3) is 0.300. The van der Waals surface area contributed by atoms with Gasteiger partial charge in [-0.2, -0.15) is 18.4 Å². The molecule has 1 amide bonds. The number of halogens is 3. The number of alkyl halides is 3. The van der Waals surface area contributed by atoms with Crippen LogP contribution in [0.5, 0.6) is 0 Å². The first-order chi connectivity index (χ1) is 14.1. The van der Waals surface area contributed by atoms with Crippen molar-refractivity contribution in [3.8, 4) is 6.07 Å². The van der Waals surface area contributed by atoms with Gasteiger partial charge in [0.2, 0.25) is 10.0 Å². The monoisotopic (exact) mass is 437 g/mol. The fourth-order valence-electron chi connectivity index (χ4n) is 3.32. The molecule has 2 aromatic rings. The number of likely N-dealkylation sites (tertiary alicyclic amines) is 1. The second kappa shape index (κ2) is 8.45. The number of nitrogens with one attached hydrogen (secondary N) is 1. The minimum Gasteiger partial charge on any atom is -0.339 e. The maximum absolute atomic E-state index is 13.2. The highest BCUT2D eigenvalue weighted by Gasteiger charge is 2.37. The van der Waals surface area contributed by atoms with Crippen LogP contribution in [0.3, 0.4) is 0 Å². The number of benzene rings is 2. The van der Waals surface area contributed by atoms with E-state index in [1.165, 1.54) is 17.0 Å². The van der Waals surface area contributed by atoms with Crippen LogP contribution in [0.1, 0.15) is 34.3 Å². The van der Waals surface area contributed by atoms with Crippen molar-refractivity contribution < 1.29 is 26.4 Å². The summed E-state index contributed by atoms with van der Waals surface area (Å²) in [4.78, 5) is 13.3. The summed E-state index contributed by atoms with van der Waals surface area (Å²) in [6.45, 7) is 0.480. The fourth-order valence-corrected chi connectivity index (χ4v) is 4.86. The first kappa shape index (κ1) is 21.8. The number of carbonyl (C=O) groups excluding carboxylic acids is 1. The maximum atomic E-state index is 13.2. The molecule has 0 radical (unpaired) electrons. The van der Waals surface area contributed by atoms with Crippen LogP contribution in [-0.4, -0.2) is 38.4 Å². The summed E-state index contributed by atoms with van der Waals surface area (Å²) in [5.74, 6) is -0.282. The lowest BCUT2D eigenvalue weighted by atomic mass is 10.0. The van der Waals surface area contributed by atoms with Crippen LogP contribution in [0.4, 0.5) is 13.2 Å². The summed E-state index contributed by atoms with van der Waals surface area (Å²) in [5, 5.41) is 8.95. The van der Waals surface area contributed by atoms with E-state index in [-0.39, 0.29) is 31.8 Å². The van der Waals surface area contributed by atoms with Crippen molar-refractivity contribution in [2.75, 3.05) is 13.1 Å². The standard InChI is InChI=1S/C20H18F3N3O3S/c21-20(22,23)17-6-1-2-7-18(17)30(28,29)25-16-8-10-26(11-9-16)19(27)15-5-3-4-14(12-15)13-24/h1-7,12,16,25H,8-11H2. The van der Waals surface area contributed by atoms with Crippen molar-refractivity contribution in [2.24, 2.45) is 0 Å². The molecule has 1 heterocycles. The zero-order valence-corrected chi connectivity index (χ0v) is 16.5. The molecule has 0 spiro atoms. The molecule has 10 heteroatoms. The molecule has 0 aromatic heterocycles. The second-order valence-corrected chi connectivity index (χ2v) is 8.56. The summed E-state index contributed by atoms with van der Waals surface area (Å²) < 4.78 is 66.9. The number of hydrogen-bond acceptors (Lipinski definition) is 4. The Labute approximate surface area is 172 Å². The highest BCUT2D eigenvalue weighted by atomic mass is 32.2. The van der Waals surface area contributed by atoms with Gasteiger partial charge in [0.05, 0.1) is 22.1 Å². The Bertz CT molecular complexity index is 1090. The van der Waals surface area contributed by atoms with Crippen LogP contribution in [0.15, 0.2) is 53.4 Å². The smallest absolute Gasteiger partial charge is 0.339 e. The molecule has 158 valence electrons. The lowest BCUT2D eigenvalue weighted by molar-refractivity contribution is -0.139. The SMILES string of the molecule is N#Cc1cccc(C(=O)N2CCC(NS(=O)(=O)c3ccccc3C(F)(F)F)CC2)c1. The highest BCUT2D eigenvalue weighted by Crippen LogP contribution is 2.34. The second-order valence-electron chi connectivity index (χ2n) is 6.87.